The molecule has 5 fully saturated rings. The first kappa shape index (κ1) is 43.7. The Labute approximate surface area is 373 Å². The van der Waals surface area contributed by atoms with Gasteiger partial charge in [0.15, 0.2) is 11.3 Å². The van der Waals surface area contributed by atoms with Crippen LogP contribution >= 0.6 is 0 Å². The van der Waals surface area contributed by atoms with Crippen molar-refractivity contribution in [3.8, 4) is 11.8 Å². The van der Waals surface area contributed by atoms with Crippen LogP contribution < -0.4 is 21.2 Å². The van der Waals surface area contributed by atoms with Gasteiger partial charge in [-0.3, -0.25) is 43.3 Å². The Kier molecular flexibility index (Phi) is 11.4. The minimum absolute atomic E-state index is 0.0577. The number of para-hydroxylation sites is 1. The Balaban J connectivity index is 0.761. The van der Waals surface area contributed by atoms with E-state index in [1.807, 2.05) is 6.07 Å². The van der Waals surface area contributed by atoms with Crippen LogP contribution in [0.25, 0.3) is 16.7 Å². The number of aromatic nitrogens is 7. The Morgan fingerprint density at radius 1 is 1.05 bits per heavy atom. The number of hydrogen-bond donors (Lipinski definition) is 2. The molecule has 22 heteroatoms. The number of aryl methyl sites for hydroxylation is 1. The van der Waals surface area contributed by atoms with Crippen LogP contribution in [-0.2, 0) is 21.4 Å². The summed E-state index contributed by atoms with van der Waals surface area (Å²) in [5.41, 5.74) is 0.658. The minimum atomic E-state index is -4.50. The number of anilines is 2. The molecule has 5 aromatic rings. The molecule has 4 aliphatic heterocycles. The van der Waals surface area contributed by atoms with Gasteiger partial charge in [0.2, 0.25) is 11.8 Å². The fourth-order valence-electron chi connectivity index (χ4n) is 10.4. The van der Waals surface area contributed by atoms with E-state index < -0.39 is 53.8 Å². The van der Waals surface area contributed by atoms with E-state index in [1.165, 1.54) is 35.6 Å². The van der Waals surface area contributed by atoms with Gasteiger partial charge in [-0.05, 0) is 62.6 Å². The summed E-state index contributed by atoms with van der Waals surface area (Å²) in [6.07, 6.45) is 0.408. The number of imide groups is 1. The molecule has 348 valence electrons. The second-order valence-electron chi connectivity index (χ2n) is 17.9. The molecule has 0 radical (unpaired) electrons. The first-order valence-corrected chi connectivity index (χ1v) is 22.2. The normalized spacial score (nSPS) is 25.2. The van der Waals surface area contributed by atoms with Crippen LogP contribution in [-0.4, -0.2) is 131 Å². The van der Waals surface area contributed by atoms with Crippen molar-refractivity contribution in [2.24, 2.45) is 13.0 Å². The van der Waals surface area contributed by atoms with Crippen molar-refractivity contribution in [2.45, 2.75) is 87.8 Å². The number of nitrogens with one attached hydrogen (secondary N) is 2. The smallest absolute Gasteiger partial charge is 0.374 e. The molecule has 2 bridgehead atoms. The molecule has 3 amide bonds. The molecule has 8 heterocycles. The molecule has 5 aliphatic rings. The van der Waals surface area contributed by atoms with Crippen LogP contribution in [0.15, 0.2) is 47.7 Å². The summed E-state index contributed by atoms with van der Waals surface area (Å²) in [7, 11) is 1.56. The third kappa shape index (κ3) is 8.21. The monoisotopic (exact) mass is 918 g/mol. The largest absolute Gasteiger partial charge is 0.405 e. The molecule has 2 N–H and O–H groups in total. The topological polar surface area (TPSA) is 169 Å². The number of rotatable bonds is 9. The molecule has 1 unspecified atom stereocenters. The maximum atomic E-state index is 14.6. The zero-order chi connectivity index (χ0) is 46.0. The lowest BCUT2D eigenvalue weighted by atomic mass is 9.85. The molecular formula is C44H47F5N12O5. The van der Waals surface area contributed by atoms with Gasteiger partial charge < -0.3 is 15.0 Å². The van der Waals surface area contributed by atoms with Crippen LogP contribution in [0.2, 0.25) is 0 Å². The van der Waals surface area contributed by atoms with Crippen molar-refractivity contribution in [3.05, 3.63) is 70.2 Å². The predicted molar refractivity (Wildman–Crippen MR) is 228 cm³/mol. The van der Waals surface area contributed by atoms with Crippen LogP contribution in [0.4, 0.5) is 33.5 Å². The van der Waals surface area contributed by atoms with Gasteiger partial charge in [-0.25, -0.2) is 23.1 Å². The highest BCUT2D eigenvalue weighted by Gasteiger charge is 2.47. The van der Waals surface area contributed by atoms with E-state index in [4.69, 9.17) is 9.72 Å². The highest BCUT2D eigenvalue weighted by atomic mass is 19.4. The Morgan fingerprint density at radius 2 is 1.86 bits per heavy atom. The quantitative estimate of drug-likeness (QED) is 0.124. The summed E-state index contributed by atoms with van der Waals surface area (Å²) in [5.74, 6) is 5.04. The molecule has 66 heavy (non-hydrogen) atoms. The Morgan fingerprint density at radius 3 is 2.59 bits per heavy atom. The molecular weight excluding hydrogens is 872 g/mol. The third-order valence-corrected chi connectivity index (χ3v) is 13.8. The van der Waals surface area contributed by atoms with Crippen LogP contribution in [0.1, 0.15) is 85.1 Å². The summed E-state index contributed by atoms with van der Waals surface area (Å²) < 4.78 is 83.9. The molecule has 10 rings (SSSR count). The second-order valence-corrected chi connectivity index (χ2v) is 17.9. The first-order valence-electron chi connectivity index (χ1n) is 22.2. The van der Waals surface area contributed by atoms with E-state index in [-0.39, 0.29) is 80.0 Å². The van der Waals surface area contributed by atoms with Gasteiger partial charge in [0.1, 0.15) is 23.5 Å². The van der Waals surface area contributed by atoms with Crippen molar-refractivity contribution < 1.29 is 41.1 Å². The number of morpholine rings is 1. The number of hydrogen-bond acceptors (Lipinski definition) is 11. The van der Waals surface area contributed by atoms with Gasteiger partial charge in [0.05, 0.1) is 59.8 Å². The number of carbonyl (C=O) groups is 3. The molecule has 4 saturated heterocycles. The summed E-state index contributed by atoms with van der Waals surface area (Å²) in [6, 6.07) is 4.23. The number of piperazine rings is 1. The molecule has 1 aliphatic carbocycles. The first-order chi connectivity index (χ1) is 31.7. The number of carbonyl (C=O) groups excluding carboxylic acids is 3. The Hall–Kier alpha value is -6.18. The fourth-order valence-corrected chi connectivity index (χ4v) is 10.4. The average molecular weight is 919 g/mol. The van der Waals surface area contributed by atoms with Gasteiger partial charge >= 0.3 is 11.9 Å². The molecule has 17 nitrogen and oxygen atoms in total. The van der Waals surface area contributed by atoms with Crippen LogP contribution in [0, 0.1) is 17.8 Å². The number of nitrogens with zero attached hydrogens (tertiary/aromatic N) is 10. The van der Waals surface area contributed by atoms with Crippen LogP contribution in [0.5, 0.6) is 0 Å². The highest BCUT2D eigenvalue weighted by Crippen LogP contribution is 2.38. The molecule has 0 spiro atoms. The summed E-state index contributed by atoms with van der Waals surface area (Å²) >= 11 is 0. The van der Waals surface area contributed by atoms with Gasteiger partial charge in [-0.2, -0.15) is 23.4 Å². The van der Waals surface area contributed by atoms with Crippen molar-refractivity contribution in [1.82, 2.24) is 48.6 Å². The standard InChI is InChI=1S/C44H47F5N12O5/c1-55-38-26(4-2-6-32(38)61(43(55)65)33-11-12-36(62)53-42(33)64)5-3-14-56-16-17-57(34(23-56)44(47,48)49)20-25-7-9-27(10-8-25)60-22-31(37(54-60)39(45)46)51-41(63)30-19-50-59-15-13-35(52-40(30)59)58-21-29-18-28(58)24-66-29/h2,4,6,13,15,19,22,25,27-29,33-34,39H,7-12,14,16-18,20-21,23-24H2,1H3,(H,51,63)(H,53,62,64)/t25?,27?,28-,29-,33?,34+/m1/s1. The fraction of sp³-hybridized carbons (Fsp3) is 0.523. The van der Waals surface area contributed by atoms with E-state index >= 15 is 0 Å². The lowest BCUT2D eigenvalue weighted by Crippen LogP contribution is -2.59. The van der Waals surface area contributed by atoms with Gasteiger partial charge in [0.25, 0.3) is 12.3 Å². The molecule has 1 saturated carbocycles. The third-order valence-electron chi connectivity index (χ3n) is 13.8. The Bertz CT molecular complexity index is 2830. The van der Waals surface area contributed by atoms with Gasteiger partial charge in [-0.15, -0.1) is 0 Å². The lowest BCUT2D eigenvalue weighted by molar-refractivity contribution is -0.198. The maximum absolute atomic E-state index is 14.6. The van der Waals surface area contributed by atoms with Gasteiger partial charge in [0, 0.05) is 58.6 Å². The molecule has 1 aromatic carbocycles. The summed E-state index contributed by atoms with van der Waals surface area (Å²) in [6.45, 7) is 1.81. The van der Waals surface area contributed by atoms with E-state index in [1.54, 1.807) is 36.3 Å². The maximum Gasteiger partial charge on any atom is 0.405 e. The molecule has 4 aromatic heterocycles. The predicted octanol–water partition coefficient (Wildman–Crippen LogP) is 4.06. The van der Waals surface area contributed by atoms with Crippen molar-refractivity contribution in [2.75, 3.05) is 56.1 Å². The van der Waals surface area contributed by atoms with Crippen molar-refractivity contribution in [3.63, 3.8) is 0 Å². The number of imidazole rings is 1. The zero-order valence-electron chi connectivity index (χ0n) is 35.9. The summed E-state index contributed by atoms with van der Waals surface area (Å²) in [5, 5.41) is 13.3. The second kappa shape index (κ2) is 17.2. The number of benzene rings is 1. The number of ether oxygens (including phenoxy) is 1. The number of piperidine rings is 1. The van der Waals surface area contributed by atoms with Crippen molar-refractivity contribution >= 4 is 45.9 Å². The number of halogens is 5. The SMILES string of the molecule is Cn1c(=O)n(C2CCC(=O)NC2=O)c2cccc(C#CCN3CCN(CC4CCC(n5cc(NC(=O)c6cnn7ccc(N8C[C@H]9C[C@@H]8CO9)nc67)c(C(F)F)n5)CC4)[C@H](C(F)(F)F)C3)c21. The van der Waals surface area contributed by atoms with Crippen molar-refractivity contribution in [1.29, 1.82) is 0 Å². The number of amides is 3. The number of fused-ring (bicyclic) bond motifs is 4. The molecule has 4 atom stereocenters. The highest BCUT2D eigenvalue weighted by molar-refractivity contribution is 6.08. The number of alkyl halides is 5. The summed E-state index contributed by atoms with van der Waals surface area (Å²) in [4.78, 5) is 61.2. The van der Waals surface area contributed by atoms with Crippen LogP contribution in [0.3, 0.4) is 0 Å². The lowest BCUT2D eigenvalue weighted by Gasteiger charge is -2.43. The minimum Gasteiger partial charge on any atom is -0.374 e. The van der Waals surface area contributed by atoms with E-state index in [0.29, 0.717) is 67.8 Å². The van der Waals surface area contributed by atoms with E-state index in [0.717, 1.165) is 6.42 Å². The van der Waals surface area contributed by atoms with E-state index in [9.17, 15) is 41.1 Å². The van der Waals surface area contributed by atoms with E-state index in [2.05, 4.69) is 37.6 Å². The average Bonchev–Trinajstić information content (AvgIpc) is 4.14. The van der Waals surface area contributed by atoms with Gasteiger partial charge in [-0.1, -0.05) is 17.9 Å². The zero-order valence-corrected chi connectivity index (χ0v) is 35.9.